The van der Waals surface area contributed by atoms with Gasteiger partial charge < -0.3 is 10.1 Å². The van der Waals surface area contributed by atoms with Crippen LogP contribution in [0.1, 0.15) is 5.56 Å². The van der Waals surface area contributed by atoms with Crippen LogP contribution in [0.3, 0.4) is 0 Å². The zero-order chi connectivity index (χ0) is 20.5. The number of hydrogen-bond donors (Lipinski definition) is 2. The van der Waals surface area contributed by atoms with E-state index in [4.69, 9.17) is 4.74 Å². The summed E-state index contributed by atoms with van der Waals surface area (Å²) in [5.41, 5.74) is 0.539. The minimum atomic E-state index is -1.35. The highest BCUT2D eigenvalue weighted by Gasteiger charge is 2.31. The molecule has 0 spiro atoms. The zero-order valence-electron chi connectivity index (χ0n) is 16.1. The Hall–Kier alpha value is -2.97. The first-order valence-corrected chi connectivity index (χ1v) is 9.57. The lowest BCUT2D eigenvalue weighted by Gasteiger charge is -2.34. The number of morpholine rings is 1. The summed E-state index contributed by atoms with van der Waals surface area (Å²) in [6.07, 6.45) is -0.137. The predicted molar refractivity (Wildman–Crippen MR) is 108 cm³/mol. The Morgan fingerprint density at radius 2 is 1.83 bits per heavy atom. The molecule has 0 saturated carbocycles. The first-order valence-electron chi connectivity index (χ1n) is 9.57. The fraction of sp³-hybridized carbons (Fsp3) is 0.364. The molecule has 1 aliphatic rings. The van der Waals surface area contributed by atoms with Gasteiger partial charge in [-0.1, -0.05) is 30.3 Å². The van der Waals surface area contributed by atoms with Gasteiger partial charge in [0.05, 0.1) is 19.3 Å². The molecule has 29 heavy (non-hydrogen) atoms. The van der Waals surface area contributed by atoms with E-state index in [1.807, 2.05) is 30.3 Å². The van der Waals surface area contributed by atoms with Crippen LogP contribution in [0.15, 0.2) is 54.6 Å². The normalized spacial score (nSPS) is 17.3. The van der Waals surface area contributed by atoms with Crippen molar-refractivity contribution in [2.24, 2.45) is 0 Å². The van der Waals surface area contributed by atoms with Gasteiger partial charge in [0.25, 0.3) is 0 Å². The molecule has 7 heteroatoms. The summed E-state index contributed by atoms with van der Waals surface area (Å²) in [7, 11) is 0. The number of rotatable bonds is 8. The fourth-order valence-electron chi connectivity index (χ4n) is 3.22. The molecule has 1 unspecified atom stereocenters. The number of nitriles is 2. The molecule has 6 nitrogen and oxygen atoms in total. The molecule has 1 atom stereocenters. The highest BCUT2D eigenvalue weighted by molar-refractivity contribution is 5.44. The summed E-state index contributed by atoms with van der Waals surface area (Å²) in [4.78, 5) is 2.23. The lowest BCUT2D eigenvalue weighted by atomic mass is 10.0. The summed E-state index contributed by atoms with van der Waals surface area (Å²) in [5.74, 6) is -0.244. The van der Waals surface area contributed by atoms with Gasteiger partial charge in [0.1, 0.15) is 18.0 Å². The molecule has 1 heterocycles. The summed E-state index contributed by atoms with van der Waals surface area (Å²) < 4.78 is 18.9. The van der Waals surface area contributed by atoms with Crippen LogP contribution in [0.4, 0.5) is 10.1 Å². The molecule has 1 saturated heterocycles. The molecule has 2 aromatic carbocycles. The van der Waals surface area contributed by atoms with Gasteiger partial charge in [0.2, 0.25) is 5.54 Å². The number of hydrogen-bond acceptors (Lipinski definition) is 6. The van der Waals surface area contributed by atoms with Crippen LogP contribution >= 0.6 is 0 Å². The van der Waals surface area contributed by atoms with E-state index in [9.17, 15) is 14.9 Å². The van der Waals surface area contributed by atoms with E-state index in [1.54, 1.807) is 12.1 Å². The van der Waals surface area contributed by atoms with Crippen molar-refractivity contribution in [3.05, 3.63) is 66.0 Å². The molecule has 150 valence electrons. The number of ether oxygens (including phenoxy) is 1. The summed E-state index contributed by atoms with van der Waals surface area (Å²) in [6, 6.07) is 20.1. The number of benzene rings is 2. The van der Waals surface area contributed by atoms with E-state index in [1.165, 1.54) is 12.1 Å². The molecule has 0 amide bonds. The van der Waals surface area contributed by atoms with Crippen molar-refractivity contribution >= 4 is 5.69 Å². The lowest BCUT2D eigenvalue weighted by molar-refractivity contribution is -0.0311. The highest BCUT2D eigenvalue weighted by atomic mass is 19.1. The van der Waals surface area contributed by atoms with Crippen molar-refractivity contribution in [2.45, 2.75) is 18.2 Å². The minimum absolute atomic E-state index is 0.137. The number of nitrogens with one attached hydrogen (secondary N) is 2. The number of para-hydroxylation sites is 1. The van der Waals surface area contributed by atoms with Gasteiger partial charge in [-0.2, -0.15) is 10.5 Å². The van der Waals surface area contributed by atoms with Crippen molar-refractivity contribution < 1.29 is 9.13 Å². The molecule has 2 N–H and O–H groups in total. The molecule has 2 aromatic rings. The molecule has 1 fully saturated rings. The second kappa shape index (κ2) is 9.99. The van der Waals surface area contributed by atoms with Crippen molar-refractivity contribution in [3.63, 3.8) is 0 Å². The van der Waals surface area contributed by atoms with Crippen LogP contribution in [0, 0.1) is 28.5 Å². The van der Waals surface area contributed by atoms with Crippen LogP contribution in [-0.4, -0.2) is 49.3 Å². The van der Waals surface area contributed by atoms with E-state index in [-0.39, 0.29) is 18.5 Å². The topological polar surface area (TPSA) is 84.1 Å². The third-order valence-corrected chi connectivity index (χ3v) is 4.89. The smallest absolute Gasteiger partial charge is 0.211 e. The average molecular weight is 393 g/mol. The Morgan fingerprint density at radius 3 is 2.52 bits per heavy atom. The molecule has 0 radical (unpaired) electrons. The molecular formula is C22H24FN5O. The van der Waals surface area contributed by atoms with Gasteiger partial charge in [-0.15, -0.1) is 0 Å². The molecule has 1 aliphatic heterocycles. The third kappa shape index (κ3) is 6.00. The number of anilines is 1. The van der Waals surface area contributed by atoms with Crippen LogP contribution in [-0.2, 0) is 11.3 Å². The second-order valence-electron chi connectivity index (χ2n) is 7.08. The standard InChI is InChI=1S/C22H24FN5O/c23-19-8-6-18(7-9-19)13-28-10-11-29-21(14-28)12-27-22(15-24,16-25)17-26-20-4-2-1-3-5-20/h1-9,21,26-27H,10-14,17H2. The van der Waals surface area contributed by atoms with E-state index in [0.717, 1.165) is 17.8 Å². The van der Waals surface area contributed by atoms with Crippen LogP contribution in [0.25, 0.3) is 0 Å². The maximum absolute atomic E-state index is 13.1. The van der Waals surface area contributed by atoms with Crippen LogP contribution in [0.5, 0.6) is 0 Å². The largest absolute Gasteiger partial charge is 0.381 e. The number of nitrogens with zero attached hydrogens (tertiary/aromatic N) is 3. The van der Waals surface area contributed by atoms with Gasteiger partial charge in [0.15, 0.2) is 0 Å². The van der Waals surface area contributed by atoms with Crippen LogP contribution in [0.2, 0.25) is 0 Å². The summed E-state index contributed by atoms with van der Waals surface area (Å²) in [5, 5.41) is 25.4. The Labute approximate surface area is 170 Å². The fourth-order valence-corrected chi connectivity index (χ4v) is 3.22. The maximum atomic E-state index is 13.1. The molecular weight excluding hydrogens is 369 g/mol. The first kappa shape index (κ1) is 20.8. The Balaban J connectivity index is 1.52. The Bertz CT molecular complexity index is 846. The van der Waals surface area contributed by atoms with Gasteiger partial charge >= 0.3 is 0 Å². The van der Waals surface area contributed by atoms with Gasteiger partial charge in [-0.25, -0.2) is 4.39 Å². The third-order valence-electron chi connectivity index (χ3n) is 4.89. The minimum Gasteiger partial charge on any atom is -0.381 e. The number of halogens is 1. The quantitative estimate of drug-likeness (QED) is 0.717. The SMILES string of the molecule is N#CC(C#N)(CNc1ccccc1)NCC1CN(Cc2ccc(F)cc2)CCO1. The Kier molecular flexibility index (Phi) is 7.15. The molecule has 0 aromatic heterocycles. The zero-order valence-corrected chi connectivity index (χ0v) is 16.1. The van der Waals surface area contributed by atoms with E-state index < -0.39 is 5.54 Å². The van der Waals surface area contributed by atoms with Crippen molar-refractivity contribution in [3.8, 4) is 12.1 Å². The van der Waals surface area contributed by atoms with Gasteiger partial charge in [0, 0.05) is 31.9 Å². The van der Waals surface area contributed by atoms with Gasteiger partial charge in [-0.3, -0.25) is 10.2 Å². The molecule has 0 aliphatic carbocycles. The average Bonchev–Trinajstić information content (AvgIpc) is 2.77. The monoisotopic (exact) mass is 393 g/mol. The van der Waals surface area contributed by atoms with Crippen LogP contribution < -0.4 is 10.6 Å². The molecule has 0 bridgehead atoms. The van der Waals surface area contributed by atoms with E-state index in [0.29, 0.717) is 26.2 Å². The predicted octanol–water partition coefficient (Wildman–Crippen LogP) is 2.51. The lowest BCUT2D eigenvalue weighted by Crippen LogP contribution is -2.54. The summed E-state index contributed by atoms with van der Waals surface area (Å²) >= 11 is 0. The van der Waals surface area contributed by atoms with E-state index in [2.05, 4.69) is 27.7 Å². The van der Waals surface area contributed by atoms with Crippen molar-refractivity contribution in [1.29, 1.82) is 10.5 Å². The second-order valence-corrected chi connectivity index (χ2v) is 7.08. The highest BCUT2D eigenvalue weighted by Crippen LogP contribution is 2.13. The molecule has 3 rings (SSSR count). The van der Waals surface area contributed by atoms with Gasteiger partial charge in [-0.05, 0) is 29.8 Å². The first-order chi connectivity index (χ1) is 14.1. The Morgan fingerprint density at radius 1 is 1.10 bits per heavy atom. The van der Waals surface area contributed by atoms with Crippen molar-refractivity contribution in [2.75, 3.05) is 38.1 Å². The van der Waals surface area contributed by atoms with Crippen molar-refractivity contribution in [1.82, 2.24) is 10.2 Å². The summed E-state index contributed by atoms with van der Waals surface area (Å²) in [6.45, 7) is 3.28. The van der Waals surface area contributed by atoms with E-state index >= 15 is 0 Å². The maximum Gasteiger partial charge on any atom is 0.211 e.